The van der Waals surface area contributed by atoms with E-state index in [2.05, 4.69) is 0 Å². The third-order valence-electron chi connectivity index (χ3n) is 6.87. The molecule has 0 radical (unpaired) electrons. The van der Waals surface area contributed by atoms with Crippen molar-refractivity contribution in [3.05, 3.63) is 101 Å². The van der Waals surface area contributed by atoms with Crippen LogP contribution in [-0.4, -0.2) is 80.6 Å². The van der Waals surface area contributed by atoms with Crippen LogP contribution >= 0.6 is 0 Å². The summed E-state index contributed by atoms with van der Waals surface area (Å²) < 4.78 is 32.4. The molecule has 0 bridgehead atoms. The number of sulfonamides is 1. The van der Waals surface area contributed by atoms with Crippen molar-refractivity contribution in [2.75, 3.05) is 41.3 Å². The summed E-state index contributed by atoms with van der Waals surface area (Å²) in [5, 5.41) is 11.4. The zero-order valence-corrected chi connectivity index (χ0v) is 24.5. The Balaban J connectivity index is 1.72. The molecule has 0 aliphatic carbocycles. The first-order valence-electron chi connectivity index (χ1n) is 13.2. The second-order valence-corrected chi connectivity index (χ2v) is 12.5. The third kappa shape index (κ3) is 6.67. The first-order valence-corrected chi connectivity index (χ1v) is 14.7. The summed E-state index contributed by atoms with van der Waals surface area (Å²) in [6, 6.07) is 21.7. The van der Waals surface area contributed by atoms with Gasteiger partial charge in [0.2, 0.25) is 10.0 Å². The Morgan fingerprint density at radius 1 is 0.927 bits per heavy atom. The molecule has 1 aliphatic rings. The predicted octanol–water partition coefficient (Wildman–Crippen LogP) is 3.89. The number of benzene rings is 3. The van der Waals surface area contributed by atoms with Gasteiger partial charge in [-0.1, -0.05) is 54.6 Å². The Labute approximate surface area is 241 Å². The average molecular weight is 578 g/mol. The van der Waals surface area contributed by atoms with Crippen molar-refractivity contribution < 1.29 is 27.9 Å². The lowest BCUT2D eigenvalue weighted by molar-refractivity contribution is -0.139. The van der Waals surface area contributed by atoms with Gasteiger partial charge >= 0.3 is 0 Å². The highest BCUT2D eigenvalue weighted by Gasteiger charge is 2.45. The van der Waals surface area contributed by atoms with Crippen LogP contribution in [-0.2, 0) is 26.2 Å². The van der Waals surface area contributed by atoms with E-state index in [0.717, 1.165) is 9.87 Å². The van der Waals surface area contributed by atoms with Gasteiger partial charge in [0.05, 0.1) is 16.5 Å². The van der Waals surface area contributed by atoms with Crippen molar-refractivity contribution in [2.24, 2.45) is 0 Å². The molecule has 0 aromatic heterocycles. The molecule has 0 spiro atoms. The van der Waals surface area contributed by atoms with Gasteiger partial charge in [-0.3, -0.25) is 9.59 Å². The molecule has 216 valence electrons. The van der Waals surface area contributed by atoms with Gasteiger partial charge in [0.25, 0.3) is 11.7 Å². The highest BCUT2D eigenvalue weighted by Crippen LogP contribution is 2.40. The number of amides is 1. The number of ether oxygens (including phenoxy) is 1. The molecule has 3 aromatic carbocycles. The van der Waals surface area contributed by atoms with Gasteiger partial charge in [-0.15, -0.1) is 0 Å². The van der Waals surface area contributed by atoms with Gasteiger partial charge < -0.3 is 19.6 Å². The van der Waals surface area contributed by atoms with Crippen LogP contribution in [0.15, 0.2) is 89.3 Å². The molecule has 0 saturated carbocycles. The quantitative estimate of drug-likeness (QED) is 0.209. The van der Waals surface area contributed by atoms with Crippen LogP contribution in [0.1, 0.15) is 29.2 Å². The third-order valence-corrected chi connectivity index (χ3v) is 8.69. The van der Waals surface area contributed by atoms with E-state index in [4.69, 9.17) is 4.74 Å². The molecule has 41 heavy (non-hydrogen) atoms. The molecule has 0 unspecified atom stereocenters. The number of aliphatic hydroxyl groups is 1. The molecule has 9 nitrogen and oxygen atoms in total. The number of Topliss-reactive ketones (excluding diaryl/α,β-unsaturated/α-hetero) is 1. The van der Waals surface area contributed by atoms with Crippen LogP contribution < -0.4 is 4.74 Å². The van der Waals surface area contributed by atoms with Crippen molar-refractivity contribution in [1.29, 1.82) is 0 Å². The van der Waals surface area contributed by atoms with Gasteiger partial charge in [0, 0.05) is 26.2 Å². The van der Waals surface area contributed by atoms with Crippen LogP contribution in [0.4, 0.5) is 0 Å². The molecule has 1 saturated heterocycles. The van der Waals surface area contributed by atoms with E-state index in [0.29, 0.717) is 37.4 Å². The average Bonchev–Trinajstić information content (AvgIpc) is 3.21. The highest BCUT2D eigenvalue weighted by atomic mass is 32.2. The molecule has 1 aliphatic heterocycles. The van der Waals surface area contributed by atoms with Crippen LogP contribution in [0.25, 0.3) is 5.76 Å². The molecule has 3 aromatic rings. The number of likely N-dealkylation sites (tertiary alicyclic amines) is 1. The lowest BCUT2D eigenvalue weighted by Crippen LogP contribution is -2.32. The molecule has 1 fully saturated rings. The minimum atomic E-state index is -3.79. The fraction of sp³-hybridized carbons (Fsp3) is 0.290. The maximum atomic E-state index is 13.4. The van der Waals surface area contributed by atoms with Crippen LogP contribution in [0, 0.1) is 0 Å². The minimum absolute atomic E-state index is 0.0387. The molecular weight excluding hydrogens is 542 g/mol. The fourth-order valence-electron chi connectivity index (χ4n) is 4.67. The standard InChI is InChI=1S/C31H35N3O6S/c1-32(2)18-9-19-34-28(23-14-16-25(17-15-23)40-21-22-10-6-5-7-11-22)27(30(36)31(34)37)29(35)24-12-8-13-26(20-24)41(38,39)33(3)4/h5-8,10-17,20,28,35H,9,18-19,21H2,1-4H3/t28-/m1/s1. The molecule has 1 amide bonds. The van der Waals surface area contributed by atoms with Crippen molar-refractivity contribution in [1.82, 2.24) is 14.1 Å². The van der Waals surface area contributed by atoms with Crippen molar-refractivity contribution in [3.63, 3.8) is 0 Å². The minimum Gasteiger partial charge on any atom is -0.507 e. The number of rotatable bonds is 11. The fourth-order valence-corrected chi connectivity index (χ4v) is 5.62. The summed E-state index contributed by atoms with van der Waals surface area (Å²) in [5.74, 6) is -1.34. The van der Waals surface area contributed by atoms with Crippen LogP contribution in [0.2, 0.25) is 0 Å². The summed E-state index contributed by atoms with van der Waals surface area (Å²) in [4.78, 5) is 30.0. The number of carbonyl (C=O) groups excluding carboxylic acids is 2. The van der Waals surface area contributed by atoms with Gasteiger partial charge in [0.15, 0.2) is 0 Å². The van der Waals surface area contributed by atoms with Crippen molar-refractivity contribution >= 4 is 27.5 Å². The molecule has 1 heterocycles. The summed E-state index contributed by atoms with van der Waals surface area (Å²) in [5.41, 5.74) is 1.69. The van der Waals surface area contributed by atoms with E-state index < -0.39 is 33.5 Å². The van der Waals surface area contributed by atoms with Gasteiger partial charge in [-0.25, -0.2) is 12.7 Å². The first kappa shape index (κ1) is 30.0. The molecule has 1 atom stereocenters. The van der Waals surface area contributed by atoms with E-state index in [9.17, 15) is 23.1 Å². The summed E-state index contributed by atoms with van der Waals surface area (Å²) in [6.45, 7) is 1.38. The van der Waals surface area contributed by atoms with Gasteiger partial charge in [0.1, 0.15) is 18.1 Å². The zero-order valence-electron chi connectivity index (χ0n) is 23.6. The monoisotopic (exact) mass is 577 g/mol. The van der Waals surface area contributed by atoms with Gasteiger partial charge in [-0.05, 0) is 62.5 Å². The summed E-state index contributed by atoms with van der Waals surface area (Å²) >= 11 is 0. The van der Waals surface area contributed by atoms with Crippen LogP contribution in [0.5, 0.6) is 5.75 Å². The second-order valence-electron chi connectivity index (χ2n) is 10.3. The number of hydrogen-bond donors (Lipinski definition) is 1. The van der Waals surface area contributed by atoms with E-state index in [1.165, 1.54) is 43.3 Å². The Morgan fingerprint density at radius 2 is 1.61 bits per heavy atom. The van der Waals surface area contributed by atoms with E-state index in [1.54, 1.807) is 24.3 Å². The number of carbonyl (C=O) groups is 2. The maximum absolute atomic E-state index is 13.4. The number of hydrogen-bond acceptors (Lipinski definition) is 7. The SMILES string of the molecule is CN(C)CCCN1C(=O)C(=O)C(=C(O)c2cccc(S(=O)(=O)N(C)C)c2)[C@H]1c1ccc(OCc2ccccc2)cc1. The van der Waals surface area contributed by atoms with Crippen molar-refractivity contribution in [3.8, 4) is 5.75 Å². The largest absolute Gasteiger partial charge is 0.507 e. The molecule has 10 heteroatoms. The molecular formula is C31H35N3O6S. The Bertz CT molecular complexity index is 1530. The van der Waals surface area contributed by atoms with Gasteiger partial charge in [-0.2, -0.15) is 0 Å². The molecule has 4 rings (SSSR count). The Hall–Kier alpha value is -3.99. The Kier molecular flexibility index (Phi) is 9.27. The predicted molar refractivity (Wildman–Crippen MR) is 157 cm³/mol. The Morgan fingerprint density at radius 3 is 2.24 bits per heavy atom. The number of nitrogens with zero attached hydrogens (tertiary/aromatic N) is 3. The van der Waals surface area contributed by atoms with Crippen molar-refractivity contribution in [2.45, 2.75) is 24.0 Å². The second kappa shape index (κ2) is 12.7. The molecule has 1 N–H and O–H groups in total. The zero-order chi connectivity index (χ0) is 29.7. The topological polar surface area (TPSA) is 107 Å². The lowest BCUT2D eigenvalue weighted by atomic mass is 9.95. The smallest absolute Gasteiger partial charge is 0.295 e. The summed E-state index contributed by atoms with van der Waals surface area (Å²) in [7, 11) is 2.88. The lowest BCUT2D eigenvalue weighted by Gasteiger charge is -2.26. The number of aliphatic hydroxyl groups excluding tert-OH is 1. The van der Waals surface area contributed by atoms with E-state index in [1.807, 2.05) is 49.3 Å². The number of ketones is 1. The normalized spacial score (nSPS) is 17.0. The van der Waals surface area contributed by atoms with E-state index >= 15 is 0 Å². The first-order chi connectivity index (χ1) is 19.5. The van der Waals surface area contributed by atoms with Crippen LogP contribution in [0.3, 0.4) is 0 Å². The maximum Gasteiger partial charge on any atom is 0.295 e. The summed E-state index contributed by atoms with van der Waals surface area (Å²) in [6.07, 6.45) is 0.616. The highest BCUT2D eigenvalue weighted by molar-refractivity contribution is 7.89. The van der Waals surface area contributed by atoms with E-state index in [-0.39, 0.29) is 16.0 Å².